The van der Waals surface area contributed by atoms with Crippen LogP contribution in [0.5, 0.6) is 0 Å². The number of nitrogens with one attached hydrogen (secondary N) is 1. The lowest BCUT2D eigenvalue weighted by Crippen LogP contribution is -2.41. The topological polar surface area (TPSA) is 54.9 Å². The smallest absolute Gasteiger partial charge is 0.231 e. The fourth-order valence-electron chi connectivity index (χ4n) is 3.68. The summed E-state index contributed by atoms with van der Waals surface area (Å²) in [5.41, 5.74) is 2.55. The molecule has 5 heteroatoms. The zero-order valence-electron chi connectivity index (χ0n) is 14.5. The predicted molar refractivity (Wildman–Crippen MR) is 104 cm³/mol. The molecular formula is C21H21N3OS. The third-order valence-electron chi connectivity index (χ3n) is 5.12. The fourth-order valence-corrected chi connectivity index (χ4v) is 4.66. The van der Waals surface area contributed by atoms with Crippen LogP contribution < -0.4 is 5.32 Å². The molecule has 1 aliphatic carbocycles. The molecule has 1 saturated carbocycles. The highest BCUT2D eigenvalue weighted by Crippen LogP contribution is 2.43. The van der Waals surface area contributed by atoms with Crippen LogP contribution in [0.1, 0.15) is 36.1 Å². The minimum absolute atomic E-state index is 0.147. The van der Waals surface area contributed by atoms with E-state index in [1.807, 2.05) is 36.5 Å². The summed E-state index contributed by atoms with van der Waals surface area (Å²) in [4.78, 5) is 22.8. The first-order valence-electron chi connectivity index (χ1n) is 8.96. The van der Waals surface area contributed by atoms with Crippen molar-refractivity contribution < 1.29 is 4.79 Å². The standard InChI is InChI=1S/C21H21N3OS/c25-20(21(9-1-2-10-21)19-6-4-12-26-19)24-14-16-7-8-18(23-13-16)17-5-3-11-22-15-17/h3-8,11-13,15H,1-2,9-10,14H2,(H,24,25). The van der Waals surface area contributed by atoms with Gasteiger partial charge in [0.25, 0.3) is 0 Å². The third-order valence-corrected chi connectivity index (χ3v) is 6.19. The largest absolute Gasteiger partial charge is 0.351 e. The lowest BCUT2D eigenvalue weighted by atomic mass is 9.83. The number of carbonyl (C=O) groups is 1. The molecule has 3 aromatic rings. The first-order valence-corrected chi connectivity index (χ1v) is 9.83. The normalized spacial score (nSPS) is 15.7. The van der Waals surface area contributed by atoms with Gasteiger partial charge in [0.2, 0.25) is 5.91 Å². The van der Waals surface area contributed by atoms with Crippen molar-refractivity contribution in [1.82, 2.24) is 15.3 Å². The average Bonchev–Trinajstić information content (AvgIpc) is 3.39. The molecule has 0 radical (unpaired) electrons. The molecule has 3 heterocycles. The van der Waals surface area contributed by atoms with Gasteiger partial charge in [-0.15, -0.1) is 11.3 Å². The summed E-state index contributed by atoms with van der Waals surface area (Å²) in [6, 6.07) is 12.0. The monoisotopic (exact) mass is 363 g/mol. The van der Waals surface area contributed by atoms with Crippen LogP contribution >= 0.6 is 11.3 Å². The predicted octanol–water partition coefficient (Wildman–Crippen LogP) is 4.33. The fraction of sp³-hybridized carbons (Fsp3) is 0.286. The number of hydrogen-bond acceptors (Lipinski definition) is 4. The molecule has 1 amide bonds. The van der Waals surface area contributed by atoms with Crippen LogP contribution in [0, 0.1) is 0 Å². The molecule has 3 aromatic heterocycles. The van der Waals surface area contributed by atoms with E-state index in [1.54, 1.807) is 23.7 Å². The van der Waals surface area contributed by atoms with E-state index >= 15 is 0 Å². The molecule has 1 N–H and O–H groups in total. The second-order valence-corrected chi connectivity index (χ2v) is 7.69. The molecule has 0 unspecified atom stereocenters. The van der Waals surface area contributed by atoms with Gasteiger partial charge in [0.15, 0.2) is 0 Å². The van der Waals surface area contributed by atoms with Crippen molar-refractivity contribution in [2.75, 3.05) is 0 Å². The zero-order valence-corrected chi connectivity index (χ0v) is 15.3. The highest BCUT2D eigenvalue weighted by molar-refractivity contribution is 7.10. The molecule has 0 saturated heterocycles. The summed E-state index contributed by atoms with van der Waals surface area (Å²) in [7, 11) is 0. The minimum Gasteiger partial charge on any atom is -0.351 e. The van der Waals surface area contributed by atoms with E-state index in [2.05, 4.69) is 26.7 Å². The molecule has 132 valence electrons. The molecule has 0 atom stereocenters. The number of pyridine rings is 2. The van der Waals surface area contributed by atoms with Crippen molar-refractivity contribution in [2.45, 2.75) is 37.6 Å². The highest BCUT2D eigenvalue weighted by Gasteiger charge is 2.43. The second-order valence-electron chi connectivity index (χ2n) is 6.74. The quantitative estimate of drug-likeness (QED) is 0.734. The molecule has 4 nitrogen and oxygen atoms in total. The van der Waals surface area contributed by atoms with Crippen molar-refractivity contribution in [1.29, 1.82) is 0 Å². The van der Waals surface area contributed by atoms with E-state index in [0.717, 1.165) is 42.5 Å². The Morgan fingerprint density at radius 1 is 1.12 bits per heavy atom. The summed E-state index contributed by atoms with van der Waals surface area (Å²) in [6.45, 7) is 0.506. The molecule has 0 aliphatic heterocycles. The highest BCUT2D eigenvalue weighted by atomic mass is 32.1. The first-order chi connectivity index (χ1) is 12.8. The molecule has 0 bridgehead atoms. The number of rotatable bonds is 5. The number of aromatic nitrogens is 2. The van der Waals surface area contributed by atoms with Gasteiger partial charge in [0.1, 0.15) is 0 Å². The Bertz CT molecular complexity index is 854. The molecule has 0 aromatic carbocycles. The van der Waals surface area contributed by atoms with Crippen molar-refractivity contribution >= 4 is 17.2 Å². The number of carbonyl (C=O) groups excluding carboxylic acids is 1. The zero-order chi connectivity index (χ0) is 17.8. The summed E-state index contributed by atoms with van der Waals surface area (Å²) >= 11 is 1.69. The van der Waals surface area contributed by atoms with Gasteiger partial charge in [0, 0.05) is 35.6 Å². The van der Waals surface area contributed by atoms with Crippen molar-refractivity contribution in [2.24, 2.45) is 0 Å². The Kier molecular flexibility index (Phi) is 4.80. The number of nitrogens with zero attached hydrogens (tertiary/aromatic N) is 2. The number of thiophene rings is 1. The molecule has 1 aliphatic rings. The maximum atomic E-state index is 13.0. The van der Waals surface area contributed by atoms with Crippen LogP contribution in [0.15, 0.2) is 60.4 Å². The molecule has 0 spiro atoms. The summed E-state index contributed by atoms with van der Waals surface area (Å²) in [5.74, 6) is 0.147. The third kappa shape index (κ3) is 3.27. The van der Waals surface area contributed by atoms with E-state index in [4.69, 9.17) is 0 Å². The summed E-state index contributed by atoms with van der Waals surface area (Å²) in [6.07, 6.45) is 9.50. The van der Waals surface area contributed by atoms with Crippen LogP contribution in [0.25, 0.3) is 11.3 Å². The van der Waals surface area contributed by atoms with Gasteiger partial charge < -0.3 is 5.32 Å². The number of amides is 1. The summed E-state index contributed by atoms with van der Waals surface area (Å²) < 4.78 is 0. The number of hydrogen-bond donors (Lipinski definition) is 1. The van der Waals surface area contributed by atoms with Crippen molar-refractivity contribution in [3.63, 3.8) is 0 Å². The van der Waals surface area contributed by atoms with E-state index in [-0.39, 0.29) is 11.3 Å². The van der Waals surface area contributed by atoms with Crippen LogP contribution in [-0.2, 0) is 16.8 Å². The Morgan fingerprint density at radius 2 is 2.00 bits per heavy atom. The first kappa shape index (κ1) is 16.9. The van der Waals surface area contributed by atoms with Crippen molar-refractivity contribution in [3.05, 3.63) is 70.8 Å². The summed E-state index contributed by atoms with van der Waals surface area (Å²) in [5, 5.41) is 5.20. The van der Waals surface area contributed by atoms with E-state index < -0.39 is 0 Å². The average molecular weight is 363 g/mol. The lowest BCUT2D eigenvalue weighted by Gasteiger charge is -2.26. The van der Waals surface area contributed by atoms with Gasteiger partial charge in [-0.1, -0.05) is 25.0 Å². The van der Waals surface area contributed by atoms with E-state index in [0.29, 0.717) is 6.54 Å². The van der Waals surface area contributed by atoms with Gasteiger partial charge in [-0.3, -0.25) is 14.8 Å². The van der Waals surface area contributed by atoms with Crippen LogP contribution in [0.4, 0.5) is 0 Å². The lowest BCUT2D eigenvalue weighted by molar-refractivity contribution is -0.126. The maximum absolute atomic E-state index is 13.0. The van der Waals surface area contributed by atoms with Crippen LogP contribution in [0.3, 0.4) is 0 Å². The van der Waals surface area contributed by atoms with Crippen LogP contribution in [-0.4, -0.2) is 15.9 Å². The maximum Gasteiger partial charge on any atom is 0.231 e. The van der Waals surface area contributed by atoms with Crippen LogP contribution in [0.2, 0.25) is 0 Å². The molecular weight excluding hydrogens is 342 g/mol. The Balaban J connectivity index is 1.44. The Morgan fingerprint density at radius 3 is 2.65 bits per heavy atom. The van der Waals surface area contributed by atoms with Gasteiger partial charge in [0.05, 0.1) is 11.1 Å². The van der Waals surface area contributed by atoms with Gasteiger partial charge in [-0.05, 0) is 48.1 Å². The Labute approximate surface area is 157 Å². The molecule has 1 fully saturated rings. The Hall–Kier alpha value is -2.53. The minimum atomic E-state index is -0.336. The van der Waals surface area contributed by atoms with Gasteiger partial charge in [-0.25, -0.2) is 0 Å². The van der Waals surface area contributed by atoms with E-state index in [9.17, 15) is 4.79 Å². The SMILES string of the molecule is O=C(NCc1ccc(-c2cccnc2)nc1)C1(c2cccs2)CCCC1. The van der Waals surface area contributed by atoms with E-state index in [1.165, 1.54) is 4.88 Å². The van der Waals surface area contributed by atoms with Gasteiger partial charge in [-0.2, -0.15) is 0 Å². The second kappa shape index (κ2) is 7.38. The molecule has 26 heavy (non-hydrogen) atoms. The van der Waals surface area contributed by atoms with Gasteiger partial charge >= 0.3 is 0 Å². The van der Waals surface area contributed by atoms with Crippen molar-refractivity contribution in [3.8, 4) is 11.3 Å². The molecule has 4 rings (SSSR count).